The molecular formula is C18H11Cl2F2N3O3S. The number of sulfonamides is 1. The molecule has 0 bridgehead atoms. The van der Waals surface area contributed by atoms with Gasteiger partial charge in [0.2, 0.25) is 5.28 Å². The Bertz CT molecular complexity index is 1200. The molecule has 0 amide bonds. The highest BCUT2D eigenvalue weighted by molar-refractivity contribution is 7.92. The number of nitrogens with zero attached hydrogens (tertiary/aromatic N) is 2. The molecule has 0 aliphatic carbocycles. The normalized spacial score (nSPS) is 12.1. The Labute approximate surface area is 174 Å². The van der Waals surface area contributed by atoms with E-state index in [9.17, 15) is 22.3 Å². The van der Waals surface area contributed by atoms with Crippen molar-refractivity contribution in [1.29, 1.82) is 0 Å². The van der Waals surface area contributed by atoms with Crippen LogP contribution in [0.4, 0.5) is 14.5 Å². The van der Waals surface area contributed by atoms with Crippen LogP contribution in [0.5, 0.6) is 0 Å². The van der Waals surface area contributed by atoms with Crippen LogP contribution in [-0.4, -0.2) is 23.5 Å². The van der Waals surface area contributed by atoms with Crippen LogP contribution in [0, 0.1) is 11.6 Å². The Morgan fingerprint density at radius 1 is 1.07 bits per heavy atom. The summed E-state index contributed by atoms with van der Waals surface area (Å²) >= 11 is 11.9. The molecule has 0 atom stereocenters. The number of nitrogens with one attached hydrogen (secondary N) is 1. The third-order valence-electron chi connectivity index (χ3n) is 3.64. The molecule has 11 heteroatoms. The van der Waals surface area contributed by atoms with Crippen LogP contribution in [0.25, 0.3) is 11.8 Å². The van der Waals surface area contributed by atoms with Gasteiger partial charge in [-0.2, -0.15) is 0 Å². The fourth-order valence-corrected chi connectivity index (χ4v) is 4.08. The molecule has 2 aromatic carbocycles. The zero-order chi connectivity index (χ0) is 21.2. The van der Waals surface area contributed by atoms with E-state index in [1.165, 1.54) is 36.5 Å². The highest BCUT2D eigenvalue weighted by Crippen LogP contribution is 2.32. The molecule has 0 unspecified atom stereocenters. The van der Waals surface area contributed by atoms with Gasteiger partial charge in [-0.05, 0) is 41.9 Å². The van der Waals surface area contributed by atoms with Gasteiger partial charge in [0.25, 0.3) is 10.0 Å². The van der Waals surface area contributed by atoms with Crippen molar-refractivity contribution in [3.05, 3.63) is 81.9 Å². The van der Waals surface area contributed by atoms with E-state index in [0.29, 0.717) is 0 Å². The maximum Gasteiger partial charge on any atom is 0.267 e. The van der Waals surface area contributed by atoms with Gasteiger partial charge in [0.05, 0.1) is 16.4 Å². The van der Waals surface area contributed by atoms with Gasteiger partial charge in [-0.15, -0.1) is 0 Å². The van der Waals surface area contributed by atoms with E-state index in [0.717, 1.165) is 18.2 Å². The molecule has 1 aromatic heterocycles. The number of halogens is 4. The zero-order valence-corrected chi connectivity index (χ0v) is 16.6. The Morgan fingerprint density at radius 2 is 1.72 bits per heavy atom. The molecule has 0 radical (unpaired) electrons. The van der Waals surface area contributed by atoms with Crippen molar-refractivity contribution in [2.75, 3.05) is 4.72 Å². The van der Waals surface area contributed by atoms with Crippen LogP contribution in [0.3, 0.4) is 0 Å². The largest absolute Gasteiger partial charge is 0.507 e. The minimum Gasteiger partial charge on any atom is -0.507 e. The van der Waals surface area contributed by atoms with Crippen LogP contribution < -0.4 is 4.72 Å². The molecule has 1 heterocycles. The first-order chi connectivity index (χ1) is 13.7. The average molecular weight is 458 g/mol. The lowest BCUT2D eigenvalue weighted by Crippen LogP contribution is -2.17. The van der Waals surface area contributed by atoms with Crippen LogP contribution >= 0.6 is 23.2 Å². The van der Waals surface area contributed by atoms with Crippen molar-refractivity contribution in [3.63, 3.8) is 0 Å². The first-order valence-electron chi connectivity index (χ1n) is 7.84. The first kappa shape index (κ1) is 21.0. The van der Waals surface area contributed by atoms with E-state index >= 15 is 0 Å². The van der Waals surface area contributed by atoms with Gasteiger partial charge in [0.15, 0.2) is 4.90 Å². The summed E-state index contributed by atoms with van der Waals surface area (Å²) < 4.78 is 54.7. The van der Waals surface area contributed by atoms with E-state index in [4.69, 9.17) is 23.2 Å². The number of aliphatic hydroxyl groups is 1. The van der Waals surface area contributed by atoms with Gasteiger partial charge in [-0.25, -0.2) is 27.2 Å². The van der Waals surface area contributed by atoms with Crippen molar-refractivity contribution in [3.8, 4) is 0 Å². The molecule has 29 heavy (non-hydrogen) atoms. The standard InChI is InChI=1S/C18H11Cl2F2N3O3S/c19-16-11(15(26)9-10-7-8-23-18(20)24-10)3-1-6-14(16)25-29(27,28)17-12(21)4-2-5-13(17)22/h1-9,25-26H. The lowest BCUT2D eigenvalue weighted by atomic mass is 10.1. The van der Waals surface area contributed by atoms with Gasteiger partial charge in [0, 0.05) is 17.8 Å². The van der Waals surface area contributed by atoms with E-state index in [2.05, 4.69) is 9.97 Å². The summed E-state index contributed by atoms with van der Waals surface area (Å²) in [6.07, 6.45) is 2.62. The van der Waals surface area contributed by atoms with Crippen molar-refractivity contribution in [1.82, 2.24) is 9.97 Å². The number of hydrogen-bond donors (Lipinski definition) is 2. The topological polar surface area (TPSA) is 92.2 Å². The van der Waals surface area contributed by atoms with Crippen LogP contribution in [-0.2, 0) is 10.0 Å². The number of anilines is 1. The highest BCUT2D eigenvalue weighted by Gasteiger charge is 2.25. The van der Waals surface area contributed by atoms with Gasteiger partial charge < -0.3 is 5.11 Å². The Hall–Kier alpha value is -2.75. The SMILES string of the molecule is O=S(=O)(Nc1cccc(C(O)=Cc2ccnc(Cl)n2)c1Cl)c1c(F)cccc1F. The predicted octanol–water partition coefficient (Wildman–Crippen LogP) is 4.92. The zero-order valence-electron chi connectivity index (χ0n) is 14.3. The summed E-state index contributed by atoms with van der Waals surface area (Å²) in [6, 6.07) is 8.24. The molecule has 0 spiro atoms. The first-order valence-corrected chi connectivity index (χ1v) is 10.1. The van der Waals surface area contributed by atoms with Gasteiger partial charge in [-0.3, -0.25) is 4.72 Å². The molecule has 6 nitrogen and oxygen atoms in total. The second-order valence-corrected chi connectivity index (χ2v) is 7.94. The van der Waals surface area contributed by atoms with Gasteiger partial charge >= 0.3 is 0 Å². The summed E-state index contributed by atoms with van der Waals surface area (Å²) in [7, 11) is -4.63. The fourth-order valence-electron chi connectivity index (χ4n) is 2.39. The number of rotatable bonds is 5. The van der Waals surface area contributed by atoms with Crippen LogP contribution in [0.1, 0.15) is 11.3 Å². The molecule has 3 aromatic rings. The third kappa shape index (κ3) is 4.64. The summed E-state index contributed by atoms with van der Waals surface area (Å²) in [4.78, 5) is 6.46. The third-order valence-corrected chi connectivity index (χ3v) is 5.64. The predicted molar refractivity (Wildman–Crippen MR) is 106 cm³/mol. The maximum atomic E-state index is 13.9. The molecule has 150 valence electrons. The fraction of sp³-hybridized carbons (Fsp3) is 0. The molecular weight excluding hydrogens is 447 g/mol. The van der Waals surface area contributed by atoms with Crippen molar-refractivity contribution >= 4 is 50.7 Å². The van der Waals surface area contributed by atoms with Crippen molar-refractivity contribution in [2.45, 2.75) is 4.90 Å². The second kappa shape index (κ2) is 8.32. The van der Waals surface area contributed by atoms with Crippen molar-refractivity contribution < 1.29 is 22.3 Å². The molecule has 0 saturated heterocycles. The van der Waals surface area contributed by atoms with E-state index in [1.807, 2.05) is 4.72 Å². The number of benzene rings is 2. The minimum absolute atomic E-state index is 0.0360. The summed E-state index contributed by atoms with van der Waals surface area (Å²) in [5.41, 5.74) is 0.140. The smallest absolute Gasteiger partial charge is 0.267 e. The molecule has 0 fully saturated rings. The quantitative estimate of drug-likeness (QED) is 0.419. The van der Waals surface area contributed by atoms with E-state index < -0.39 is 26.6 Å². The molecule has 3 rings (SSSR count). The molecule has 0 saturated carbocycles. The van der Waals surface area contributed by atoms with E-state index in [-0.39, 0.29) is 33.0 Å². The average Bonchev–Trinajstić information content (AvgIpc) is 2.63. The number of hydrogen-bond acceptors (Lipinski definition) is 5. The lowest BCUT2D eigenvalue weighted by Gasteiger charge is -2.13. The van der Waals surface area contributed by atoms with Gasteiger partial charge in [0.1, 0.15) is 17.4 Å². The van der Waals surface area contributed by atoms with Crippen molar-refractivity contribution in [2.24, 2.45) is 0 Å². The van der Waals surface area contributed by atoms with Crippen LogP contribution in [0.2, 0.25) is 10.3 Å². The molecule has 0 aliphatic rings. The molecule has 2 N–H and O–H groups in total. The maximum absolute atomic E-state index is 13.9. The Morgan fingerprint density at radius 3 is 2.38 bits per heavy atom. The van der Waals surface area contributed by atoms with Gasteiger partial charge in [-0.1, -0.05) is 23.7 Å². The lowest BCUT2D eigenvalue weighted by molar-refractivity contribution is 0.515. The Balaban J connectivity index is 1.99. The molecule has 0 aliphatic heterocycles. The highest BCUT2D eigenvalue weighted by atomic mass is 35.5. The summed E-state index contributed by atoms with van der Waals surface area (Å²) in [5.74, 6) is -2.86. The van der Waals surface area contributed by atoms with Crippen LogP contribution in [0.15, 0.2) is 53.6 Å². The Kier molecular flexibility index (Phi) is 6.02. The second-order valence-electron chi connectivity index (χ2n) is 5.60. The summed E-state index contributed by atoms with van der Waals surface area (Å²) in [6.45, 7) is 0. The minimum atomic E-state index is -4.63. The summed E-state index contributed by atoms with van der Waals surface area (Å²) in [5, 5.41) is 10.1. The number of aliphatic hydroxyl groups excluding tert-OH is 1. The monoisotopic (exact) mass is 457 g/mol. The van der Waals surface area contributed by atoms with E-state index in [1.54, 1.807) is 0 Å². The number of aromatic nitrogens is 2.